The molecule has 0 saturated carbocycles. The highest BCUT2D eigenvalue weighted by molar-refractivity contribution is 5.92. The number of nitrogens with one attached hydrogen (secondary N) is 2. The summed E-state index contributed by atoms with van der Waals surface area (Å²) < 4.78 is 0. The van der Waals surface area contributed by atoms with Crippen LogP contribution in [0.1, 0.15) is 26.7 Å². The summed E-state index contributed by atoms with van der Waals surface area (Å²) in [5.41, 5.74) is 5.55. The van der Waals surface area contributed by atoms with Crippen LogP contribution in [0.4, 0.5) is 0 Å². The second-order valence-electron chi connectivity index (χ2n) is 5.82. The summed E-state index contributed by atoms with van der Waals surface area (Å²) in [7, 11) is 0. The van der Waals surface area contributed by atoms with E-state index in [1.54, 1.807) is 0 Å². The third-order valence-corrected chi connectivity index (χ3v) is 3.72. The van der Waals surface area contributed by atoms with Crippen molar-refractivity contribution in [3.63, 3.8) is 0 Å². The zero-order valence-electron chi connectivity index (χ0n) is 13.7. The Morgan fingerprint density at radius 3 is 2.42 bits per heavy atom. The molecule has 1 aliphatic heterocycles. The molecule has 0 aromatic rings. The highest BCUT2D eigenvalue weighted by Crippen LogP contribution is 2.18. The number of nitrogens with two attached hydrogens (primary N) is 1. The number of rotatable bonds is 7. The third-order valence-electron chi connectivity index (χ3n) is 3.72. The summed E-state index contributed by atoms with van der Waals surface area (Å²) in [6.45, 7) is 2.73. The number of carbonyl (C=O) groups excluding carboxylic acids is 3. The Morgan fingerprint density at radius 1 is 1.29 bits per heavy atom. The molecule has 0 radical (unpaired) electrons. The summed E-state index contributed by atoms with van der Waals surface area (Å²) in [5.74, 6) is -2.97. The van der Waals surface area contributed by atoms with Crippen molar-refractivity contribution in [3.05, 3.63) is 0 Å². The zero-order chi connectivity index (χ0) is 18.4. The molecule has 3 amide bonds. The van der Waals surface area contributed by atoms with E-state index in [2.05, 4.69) is 10.6 Å². The molecule has 1 aliphatic rings. The van der Waals surface area contributed by atoms with Gasteiger partial charge in [0, 0.05) is 6.54 Å². The van der Waals surface area contributed by atoms with E-state index in [0.717, 1.165) is 0 Å². The van der Waals surface area contributed by atoms with Gasteiger partial charge in [0.05, 0.1) is 18.7 Å². The SMILES string of the molecule is C[C@H](N)C(=O)N1CCC[C@H]1C(=O)NCC(=O)N[C@H](C(=O)O)[C@@H](C)O. The molecule has 1 heterocycles. The van der Waals surface area contributed by atoms with Crippen molar-refractivity contribution in [2.75, 3.05) is 13.1 Å². The molecule has 10 heteroatoms. The normalized spacial score (nSPS) is 20.8. The molecule has 10 nitrogen and oxygen atoms in total. The van der Waals surface area contributed by atoms with Gasteiger partial charge in [0.25, 0.3) is 0 Å². The number of carbonyl (C=O) groups is 4. The summed E-state index contributed by atoms with van der Waals surface area (Å²) in [6.07, 6.45) is -0.153. The second-order valence-corrected chi connectivity index (χ2v) is 5.82. The van der Waals surface area contributed by atoms with E-state index in [1.165, 1.54) is 18.7 Å². The molecule has 1 saturated heterocycles. The fraction of sp³-hybridized carbons (Fsp3) is 0.714. The van der Waals surface area contributed by atoms with Gasteiger partial charge in [0.2, 0.25) is 17.7 Å². The first-order valence-corrected chi connectivity index (χ1v) is 7.69. The molecule has 0 unspecified atom stereocenters. The van der Waals surface area contributed by atoms with Crippen LogP contribution in [0.15, 0.2) is 0 Å². The van der Waals surface area contributed by atoms with Gasteiger partial charge < -0.3 is 31.5 Å². The van der Waals surface area contributed by atoms with Gasteiger partial charge >= 0.3 is 5.97 Å². The molecule has 1 rings (SSSR count). The summed E-state index contributed by atoms with van der Waals surface area (Å²) >= 11 is 0. The zero-order valence-corrected chi connectivity index (χ0v) is 13.7. The van der Waals surface area contributed by atoms with Crippen molar-refractivity contribution in [1.29, 1.82) is 0 Å². The Morgan fingerprint density at radius 2 is 1.92 bits per heavy atom. The maximum absolute atomic E-state index is 12.1. The van der Waals surface area contributed by atoms with Crippen LogP contribution in [0, 0.1) is 0 Å². The average molecular weight is 344 g/mol. The van der Waals surface area contributed by atoms with Crippen molar-refractivity contribution in [1.82, 2.24) is 15.5 Å². The predicted molar refractivity (Wildman–Crippen MR) is 82.6 cm³/mol. The number of amides is 3. The smallest absolute Gasteiger partial charge is 0.328 e. The summed E-state index contributed by atoms with van der Waals surface area (Å²) in [5, 5.41) is 22.6. The molecule has 0 aromatic heterocycles. The van der Waals surface area contributed by atoms with Crippen LogP contribution in [-0.2, 0) is 19.2 Å². The Kier molecular flexibility index (Phi) is 7.11. The minimum Gasteiger partial charge on any atom is -0.480 e. The molecule has 0 bridgehead atoms. The van der Waals surface area contributed by atoms with Gasteiger partial charge in [-0.3, -0.25) is 14.4 Å². The molecular weight excluding hydrogens is 320 g/mol. The van der Waals surface area contributed by atoms with Crippen LogP contribution in [0.3, 0.4) is 0 Å². The van der Waals surface area contributed by atoms with Gasteiger partial charge in [-0.25, -0.2) is 4.79 Å². The summed E-state index contributed by atoms with van der Waals surface area (Å²) in [6, 6.07) is -2.87. The third kappa shape index (κ3) is 5.17. The van der Waals surface area contributed by atoms with Crippen molar-refractivity contribution in [2.24, 2.45) is 5.73 Å². The van der Waals surface area contributed by atoms with Crippen LogP contribution >= 0.6 is 0 Å². The quantitative estimate of drug-likeness (QED) is 0.338. The second kappa shape index (κ2) is 8.60. The first-order chi connectivity index (χ1) is 11.1. The van der Waals surface area contributed by atoms with E-state index >= 15 is 0 Å². The topological polar surface area (TPSA) is 162 Å². The number of aliphatic carboxylic acids is 1. The number of aliphatic hydroxyl groups excluding tert-OH is 1. The lowest BCUT2D eigenvalue weighted by molar-refractivity contribution is -0.144. The van der Waals surface area contributed by atoms with Gasteiger partial charge in [-0.05, 0) is 26.7 Å². The van der Waals surface area contributed by atoms with Crippen LogP contribution < -0.4 is 16.4 Å². The van der Waals surface area contributed by atoms with Gasteiger partial charge in [0.1, 0.15) is 6.04 Å². The number of hydrogen-bond donors (Lipinski definition) is 5. The number of carboxylic acids is 1. The van der Waals surface area contributed by atoms with E-state index in [4.69, 9.17) is 10.8 Å². The molecule has 1 fully saturated rings. The Bertz CT molecular complexity index is 507. The molecule has 0 spiro atoms. The predicted octanol–water partition coefficient (Wildman–Crippen LogP) is -2.61. The van der Waals surface area contributed by atoms with Gasteiger partial charge in [-0.15, -0.1) is 0 Å². The van der Waals surface area contributed by atoms with Crippen molar-refractivity contribution in [3.8, 4) is 0 Å². The van der Waals surface area contributed by atoms with Crippen molar-refractivity contribution in [2.45, 2.75) is 50.9 Å². The number of likely N-dealkylation sites (tertiary alicyclic amines) is 1. The Labute approximate surface area is 139 Å². The molecule has 24 heavy (non-hydrogen) atoms. The number of hydrogen-bond acceptors (Lipinski definition) is 6. The molecule has 136 valence electrons. The average Bonchev–Trinajstić information content (AvgIpc) is 2.98. The van der Waals surface area contributed by atoms with E-state index in [-0.39, 0.29) is 5.91 Å². The minimum atomic E-state index is -1.46. The molecule has 0 aromatic carbocycles. The monoisotopic (exact) mass is 344 g/mol. The lowest BCUT2D eigenvalue weighted by Crippen LogP contribution is -2.53. The largest absolute Gasteiger partial charge is 0.480 e. The Balaban J connectivity index is 2.54. The van der Waals surface area contributed by atoms with Gasteiger partial charge in [0.15, 0.2) is 6.04 Å². The fourth-order valence-corrected chi connectivity index (χ4v) is 2.46. The van der Waals surface area contributed by atoms with E-state index < -0.39 is 48.6 Å². The summed E-state index contributed by atoms with van der Waals surface area (Å²) in [4.78, 5) is 48.1. The molecule has 6 N–H and O–H groups in total. The first kappa shape index (κ1) is 19.8. The maximum Gasteiger partial charge on any atom is 0.328 e. The minimum absolute atomic E-state index is 0.336. The van der Waals surface area contributed by atoms with Crippen LogP contribution in [0.25, 0.3) is 0 Å². The van der Waals surface area contributed by atoms with Crippen molar-refractivity contribution < 1.29 is 29.4 Å². The fourth-order valence-electron chi connectivity index (χ4n) is 2.46. The van der Waals surface area contributed by atoms with Crippen molar-refractivity contribution >= 4 is 23.7 Å². The molecule has 0 aliphatic carbocycles. The van der Waals surface area contributed by atoms with E-state index in [0.29, 0.717) is 19.4 Å². The van der Waals surface area contributed by atoms with Gasteiger partial charge in [-0.1, -0.05) is 0 Å². The number of carboxylic acid groups (broad SMARTS) is 1. The van der Waals surface area contributed by atoms with E-state index in [9.17, 15) is 24.3 Å². The highest BCUT2D eigenvalue weighted by atomic mass is 16.4. The molecular formula is C14H24N4O6. The standard InChI is InChI=1S/C14H24N4O6/c1-7(15)13(22)18-5-3-4-9(18)12(21)16-6-10(20)17-11(8(2)19)14(23)24/h7-9,11,19H,3-6,15H2,1-2H3,(H,16,21)(H,17,20)(H,23,24)/t7-,8+,9-,11-/m0/s1. The highest BCUT2D eigenvalue weighted by Gasteiger charge is 2.35. The van der Waals surface area contributed by atoms with E-state index in [1.807, 2.05) is 0 Å². The van der Waals surface area contributed by atoms with Gasteiger partial charge in [-0.2, -0.15) is 0 Å². The Hall–Kier alpha value is -2.20. The lowest BCUT2D eigenvalue weighted by atomic mass is 10.2. The number of nitrogens with zero attached hydrogens (tertiary/aromatic N) is 1. The van der Waals surface area contributed by atoms with Crippen LogP contribution in [0.5, 0.6) is 0 Å². The molecule has 4 atom stereocenters. The first-order valence-electron chi connectivity index (χ1n) is 7.69. The van der Waals surface area contributed by atoms with Crippen LogP contribution in [0.2, 0.25) is 0 Å². The lowest BCUT2D eigenvalue weighted by Gasteiger charge is -2.25. The number of aliphatic hydroxyl groups is 1. The van der Waals surface area contributed by atoms with Crippen LogP contribution in [-0.4, -0.2) is 76.1 Å². The maximum atomic E-state index is 12.1.